The van der Waals surface area contributed by atoms with Gasteiger partial charge in [-0.25, -0.2) is 0 Å². The van der Waals surface area contributed by atoms with Crippen molar-refractivity contribution in [2.75, 3.05) is 19.4 Å². The Balaban J connectivity index is 2.36. The average Bonchev–Trinajstić information content (AvgIpc) is 2.46. The first-order valence-corrected chi connectivity index (χ1v) is 10.1. The first kappa shape index (κ1) is 16.2. The van der Waals surface area contributed by atoms with E-state index in [2.05, 4.69) is 37.0 Å². The topological polar surface area (TPSA) is 58.1 Å². The van der Waals surface area contributed by atoms with Gasteiger partial charge in [0, 0.05) is 0 Å². The number of anilines is 1. The SMILES string of the molecule is C[Se]C[C@H](Nc1ncnc2ccc(Br)cc12)C(=O)N(C)C. The van der Waals surface area contributed by atoms with Crippen LogP contribution in [0, 0.1) is 0 Å². The molecule has 5 nitrogen and oxygen atoms in total. The molecule has 1 N–H and O–H groups in total. The normalized spacial score (nSPS) is 12.2. The molecule has 0 unspecified atom stereocenters. The molecular formula is C14H17BrN4OSe. The van der Waals surface area contributed by atoms with Gasteiger partial charge in [0.05, 0.1) is 0 Å². The minimum absolute atomic E-state index is 0.0699. The summed E-state index contributed by atoms with van der Waals surface area (Å²) in [4.78, 5) is 22.4. The number of hydrogen-bond donors (Lipinski definition) is 1. The zero-order chi connectivity index (χ0) is 15.4. The van der Waals surface area contributed by atoms with Gasteiger partial charge < -0.3 is 0 Å². The summed E-state index contributed by atoms with van der Waals surface area (Å²) in [6.45, 7) is 0. The molecule has 0 aliphatic carbocycles. The minimum atomic E-state index is -0.248. The van der Waals surface area contributed by atoms with E-state index in [1.54, 1.807) is 19.0 Å². The summed E-state index contributed by atoms with van der Waals surface area (Å²) < 4.78 is 0.961. The van der Waals surface area contributed by atoms with Crippen LogP contribution in [-0.2, 0) is 4.79 Å². The predicted octanol–water partition coefficient (Wildman–Crippen LogP) is 2.43. The Hall–Kier alpha value is -1.17. The number of fused-ring (bicyclic) bond motifs is 1. The van der Waals surface area contributed by atoms with Crippen LogP contribution in [-0.4, -0.2) is 55.9 Å². The van der Waals surface area contributed by atoms with E-state index in [0.717, 1.165) is 20.7 Å². The quantitative estimate of drug-likeness (QED) is 0.762. The van der Waals surface area contributed by atoms with Crippen LogP contribution < -0.4 is 5.32 Å². The summed E-state index contributed by atoms with van der Waals surface area (Å²) in [7, 11) is 3.54. The molecule has 21 heavy (non-hydrogen) atoms. The molecule has 0 saturated heterocycles. The Labute approximate surface area is 138 Å². The van der Waals surface area contributed by atoms with Crippen molar-refractivity contribution in [1.29, 1.82) is 0 Å². The van der Waals surface area contributed by atoms with E-state index >= 15 is 0 Å². The Morgan fingerprint density at radius 2 is 2.19 bits per heavy atom. The van der Waals surface area contributed by atoms with Crippen molar-refractivity contribution in [1.82, 2.24) is 14.9 Å². The van der Waals surface area contributed by atoms with E-state index in [4.69, 9.17) is 0 Å². The van der Waals surface area contributed by atoms with E-state index in [0.29, 0.717) is 20.8 Å². The van der Waals surface area contributed by atoms with Crippen molar-refractivity contribution in [3.8, 4) is 0 Å². The molecule has 1 aromatic carbocycles. The number of amides is 1. The Morgan fingerprint density at radius 3 is 2.86 bits per heavy atom. The fourth-order valence-corrected chi connectivity index (χ4v) is 3.50. The fraction of sp³-hybridized carbons (Fsp3) is 0.357. The molecule has 2 aromatic rings. The first-order chi connectivity index (χ1) is 10.0. The third-order valence-electron chi connectivity index (χ3n) is 2.98. The summed E-state index contributed by atoms with van der Waals surface area (Å²) in [6, 6.07) is 5.59. The maximum atomic E-state index is 12.3. The van der Waals surface area contributed by atoms with E-state index in [9.17, 15) is 4.79 Å². The van der Waals surface area contributed by atoms with Crippen LogP contribution >= 0.6 is 15.9 Å². The fourth-order valence-electron chi connectivity index (χ4n) is 1.96. The number of halogens is 1. The number of rotatable bonds is 5. The molecule has 1 heterocycles. The van der Waals surface area contributed by atoms with Gasteiger partial charge in [0.1, 0.15) is 0 Å². The number of hydrogen-bond acceptors (Lipinski definition) is 4. The second kappa shape index (κ2) is 7.20. The van der Waals surface area contributed by atoms with Gasteiger partial charge in [-0.1, -0.05) is 0 Å². The monoisotopic (exact) mass is 416 g/mol. The summed E-state index contributed by atoms with van der Waals surface area (Å²) >= 11 is 3.86. The zero-order valence-corrected chi connectivity index (χ0v) is 15.4. The Bertz CT molecular complexity index is 650. The number of aromatic nitrogens is 2. The van der Waals surface area contributed by atoms with Gasteiger partial charge in [-0.3, -0.25) is 0 Å². The molecular weight excluding hydrogens is 399 g/mol. The standard InChI is InChI=1S/C14H17BrN4OSe/c1-19(2)14(20)12(7-21-3)18-13-10-6-9(15)4-5-11(10)16-8-17-13/h4-6,8,12H,7H2,1-3H3,(H,16,17,18)/t12-/m0/s1. The Morgan fingerprint density at radius 1 is 1.43 bits per heavy atom. The molecule has 2 rings (SSSR count). The van der Waals surface area contributed by atoms with E-state index in [1.807, 2.05) is 18.2 Å². The summed E-state index contributed by atoms with van der Waals surface area (Å²) in [5.74, 6) is 2.89. The van der Waals surface area contributed by atoms with Crippen molar-refractivity contribution in [2.45, 2.75) is 17.2 Å². The molecule has 0 fully saturated rings. The van der Waals surface area contributed by atoms with Crippen molar-refractivity contribution in [2.24, 2.45) is 0 Å². The van der Waals surface area contributed by atoms with Crippen LogP contribution in [0.25, 0.3) is 10.9 Å². The van der Waals surface area contributed by atoms with Gasteiger partial charge in [-0.15, -0.1) is 0 Å². The first-order valence-electron chi connectivity index (χ1n) is 6.40. The molecule has 0 saturated carbocycles. The molecule has 0 aliphatic heterocycles. The molecule has 1 amide bonds. The van der Waals surface area contributed by atoms with Gasteiger partial charge >= 0.3 is 139 Å². The molecule has 0 spiro atoms. The number of carbonyl (C=O) groups excluding carboxylic acids is 1. The molecule has 112 valence electrons. The van der Waals surface area contributed by atoms with Crippen LogP contribution in [0.15, 0.2) is 29.0 Å². The van der Waals surface area contributed by atoms with Crippen molar-refractivity contribution in [3.05, 3.63) is 29.0 Å². The van der Waals surface area contributed by atoms with Crippen molar-refractivity contribution in [3.63, 3.8) is 0 Å². The molecule has 7 heteroatoms. The zero-order valence-electron chi connectivity index (χ0n) is 12.1. The molecule has 1 atom stereocenters. The molecule has 0 radical (unpaired) electrons. The van der Waals surface area contributed by atoms with Gasteiger partial charge in [0.15, 0.2) is 0 Å². The van der Waals surface area contributed by atoms with Gasteiger partial charge in [-0.05, 0) is 0 Å². The number of carbonyl (C=O) groups is 1. The third kappa shape index (κ3) is 3.93. The van der Waals surface area contributed by atoms with E-state index < -0.39 is 0 Å². The van der Waals surface area contributed by atoms with E-state index in [1.165, 1.54) is 6.33 Å². The van der Waals surface area contributed by atoms with Gasteiger partial charge in [0.25, 0.3) is 0 Å². The van der Waals surface area contributed by atoms with Gasteiger partial charge in [0.2, 0.25) is 0 Å². The predicted molar refractivity (Wildman–Crippen MR) is 89.8 cm³/mol. The summed E-state index contributed by atoms with van der Waals surface area (Å²) in [6.07, 6.45) is 1.52. The second-order valence-corrected chi connectivity index (χ2v) is 7.60. The molecule has 0 bridgehead atoms. The number of nitrogens with zero attached hydrogens (tertiary/aromatic N) is 3. The average molecular weight is 416 g/mol. The van der Waals surface area contributed by atoms with Gasteiger partial charge in [-0.2, -0.15) is 0 Å². The van der Waals surface area contributed by atoms with Crippen LogP contribution in [0.1, 0.15) is 0 Å². The van der Waals surface area contributed by atoms with Crippen LogP contribution in [0.3, 0.4) is 0 Å². The number of likely N-dealkylation sites (N-methyl/N-ethyl adjacent to an activating group) is 1. The Kier molecular flexibility index (Phi) is 5.56. The molecule has 0 aliphatic rings. The maximum absolute atomic E-state index is 12.3. The van der Waals surface area contributed by atoms with Crippen LogP contribution in [0.4, 0.5) is 5.82 Å². The van der Waals surface area contributed by atoms with Crippen molar-refractivity contribution >= 4 is 53.5 Å². The summed E-state index contributed by atoms with van der Waals surface area (Å²) in [5.41, 5.74) is 0.855. The number of benzene rings is 1. The third-order valence-corrected chi connectivity index (χ3v) is 4.87. The van der Waals surface area contributed by atoms with Crippen molar-refractivity contribution < 1.29 is 4.79 Å². The second-order valence-electron chi connectivity index (χ2n) is 4.77. The van der Waals surface area contributed by atoms with Crippen LogP contribution in [0.2, 0.25) is 11.1 Å². The number of nitrogens with one attached hydrogen (secondary N) is 1. The van der Waals surface area contributed by atoms with Crippen LogP contribution in [0.5, 0.6) is 0 Å². The molecule has 1 aromatic heterocycles. The van der Waals surface area contributed by atoms with E-state index in [-0.39, 0.29) is 11.9 Å². The summed E-state index contributed by atoms with van der Waals surface area (Å²) in [5, 5.41) is 5.02.